The molecule has 0 bridgehead atoms. The molecule has 1 spiro atoms. The molecule has 38 heavy (non-hydrogen) atoms. The summed E-state index contributed by atoms with van der Waals surface area (Å²) in [5.41, 5.74) is 0.770. The van der Waals surface area contributed by atoms with Gasteiger partial charge in [0, 0.05) is 20.9 Å². The van der Waals surface area contributed by atoms with Crippen molar-refractivity contribution in [1.29, 1.82) is 0 Å². The Balaban J connectivity index is 1.45. The second kappa shape index (κ2) is 8.70. The summed E-state index contributed by atoms with van der Waals surface area (Å²) in [7, 11) is -1.37. The van der Waals surface area contributed by atoms with Crippen LogP contribution in [-0.4, -0.2) is 44.0 Å². The maximum atomic E-state index is 15.7. The average Bonchev–Trinajstić information content (AvgIpc) is 3.66. The number of halogens is 4. The Morgan fingerprint density at radius 3 is 2.63 bits per heavy atom. The van der Waals surface area contributed by atoms with Gasteiger partial charge in [-0.3, -0.25) is 14.1 Å². The van der Waals surface area contributed by atoms with Crippen LogP contribution < -0.4 is 0 Å². The molecule has 2 saturated carbocycles. The van der Waals surface area contributed by atoms with Gasteiger partial charge in [0.1, 0.15) is 24.4 Å². The minimum atomic E-state index is -4.62. The number of hydrogen-bond acceptors (Lipinski definition) is 5. The third kappa shape index (κ3) is 4.53. The van der Waals surface area contributed by atoms with Gasteiger partial charge in [0.25, 0.3) is 0 Å². The summed E-state index contributed by atoms with van der Waals surface area (Å²) in [5.74, 6) is 0.113. The van der Waals surface area contributed by atoms with E-state index in [9.17, 15) is 13.2 Å². The molecule has 200 valence electrons. The van der Waals surface area contributed by atoms with E-state index in [-0.39, 0.29) is 29.6 Å². The van der Waals surface area contributed by atoms with Gasteiger partial charge in [0.2, 0.25) is 5.82 Å². The summed E-state index contributed by atoms with van der Waals surface area (Å²) >= 11 is 0. The fourth-order valence-corrected chi connectivity index (χ4v) is 5.94. The second-order valence-corrected chi connectivity index (χ2v) is 17.2. The molecule has 1 aromatic carbocycles. The lowest BCUT2D eigenvalue weighted by atomic mass is 10.1. The largest absolute Gasteiger partial charge is 0.418 e. The van der Waals surface area contributed by atoms with E-state index in [1.165, 1.54) is 10.9 Å². The molecule has 2 aliphatic carbocycles. The van der Waals surface area contributed by atoms with E-state index in [0.717, 1.165) is 49.3 Å². The number of ether oxygens (including phenoxy) is 1. The number of hydrogen-bond donors (Lipinski definition) is 0. The lowest BCUT2D eigenvalue weighted by molar-refractivity contribution is -0.137. The molecule has 0 saturated heterocycles. The van der Waals surface area contributed by atoms with Gasteiger partial charge in [-0.15, -0.1) is 10.2 Å². The molecule has 3 heterocycles. The first-order valence-corrected chi connectivity index (χ1v) is 16.4. The van der Waals surface area contributed by atoms with Crippen molar-refractivity contribution in [3.8, 4) is 17.3 Å². The topological polar surface area (TPSA) is 70.7 Å². The minimum absolute atomic E-state index is 0.0219. The maximum absolute atomic E-state index is 15.7. The Kier molecular flexibility index (Phi) is 5.76. The number of nitrogens with zero attached hydrogens (tertiary/aromatic N) is 6. The minimum Gasteiger partial charge on any atom is -0.361 e. The van der Waals surface area contributed by atoms with E-state index in [1.807, 2.05) is 6.07 Å². The highest BCUT2D eigenvalue weighted by molar-refractivity contribution is 6.76. The van der Waals surface area contributed by atoms with Crippen LogP contribution in [0.1, 0.15) is 36.3 Å². The molecule has 3 aromatic heterocycles. The van der Waals surface area contributed by atoms with E-state index >= 15 is 4.39 Å². The highest BCUT2D eigenvalue weighted by Gasteiger charge is 2.63. The van der Waals surface area contributed by atoms with Crippen molar-refractivity contribution in [2.75, 3.05) is 6.61 Å². The normalized spacial score (nSPS) is 18.4. The van der Waals surface area contributed by atoms with Crippen molar-refractivity contribution >= 4 is 19.1 Å². The van der Waals surface area contributed by atoms with Crippen molar-refractivity contribution in [2.45, 2.75) is 63.8 Å². The standard InChI is InChI=1S/C26H28F4N6OSi/c1-38(2,3)9-8-37-15-36-22-19(27)10-16(18-12-25(18)5-6-25)11-20(22)33-23(36)24-34-32-14-35(24)21-13-31-7-4-17(21)26(28,29)30/h4,7,10-11,13-14,18H,5-6,8-9,12,15H2,1-3H3. The van der Waals surface area contributed by atoms with Gasteiger partial charge in [-0.1, -0.05) is 19.6 Å². The van der Waals surface area contributed by atoms with Crippen LogP contribution >= 0.6 is 0 Å². The van der Waals surface area contributed by atoms with E-state index < -0.39 is 25.6 Å². The Hall–Kier alpha value is -3.12. The molecule has 0 aliphatic heterocycles. The monoisotopic (exact) mass is 544 g/mol. The molecule has 0 radical (unpaired) electrons. The van der Waals surface area contributed by atoms with Crippen molar-refractivity contribution in [1.82, 2.24) is 29.3 Å². The molecular weight excluding hydrogens is 516 g/mol. The van der Waals surface area contributed by atoms with Crippen molar-refractivity contribution < 1.29 is 22.3 Å². The smallest absolute Gasteiger partial charge is 0.361 e. The van der Waals surface area contributed by atoms with Crippen molar-refractivity contribution in [3.05, 3.63) is 53.9 Å². The van der Waals surface area contributed by atoms with Gasteiger partial charge in [-0.2, -0.15) is 13.2 Å². The van der Waals surface area contributed by atoms with Crippen LogP contribution in [0, 0.1) is 11.2 Å². The van der Waals surface area contributed by atoms with E-state index in [2.05, 4.69) is 39.8 Å². The first-order chi connectivity index (χ1) is 18.0. The molecule has 1 atom stereocenters. The second-order valence-electron chi connectivity index (χ2n) is 11.6. The maximum Gasteiger partial charge on any atom is 0.418 e. The Labute approximate surface area is 217 Å². The van der Waals surface area contributed by atoms with Gasteiger partial charge >= 0.3 is 6.18 Å². The SMILES string of the molecule is C[Si](C)(C)CCOCn1c(-c2nncn2-c2cnccc2C(F)(F)F)nc2cc(C3CC34CC4)cc(F)c21. The molecular formula is C26H28F4N6OSi. The zero-order valence-corrected chi connectivity index (χ0v) is 22.4. The lowest BCUT2D eigenvalue weighted by Crippen LogP contribution is -2.22. The number of fused-ring (bicyclic) bond motifs is 1. The predicted molar refractivity (Wildman–Crippen MR) is 136 cm³/mol. The third-order valence-corrected chi connectivity index (χ3v) is 9.34. The van der Waals surface area contributed by atoms with Crippen LogP contribution in [0.4, 0.5) is 17.6 Å². The molecule has 0 N–H and O–H groups in total. The molecule has 4 aromatic rings. The number of rotatable bonds is 8. The summed E-state index contributed by atoms with van der Waals surface area (Å²) in [6.07, 6.45) is 2.13. The molecule has 6 rings (SSSR count). The van der Waals surface area contributed by atoms with Gasteiger partial charge in [-0.05, 0) is 60.4 Å². The van der Waals surface area contributed by atoms with Gasteiger partial charge < -0.3 is 4.74 Å². The van der Waals surface area contributed by atoms with E-state index in [0.29, 0.717) is 23.5 Å². The summed E-state index contributed by atoms with van der Waals surface area (Å²) in [4.78, 5) is 8.57. The number of benzene rings is 1. The highest BCUT2D eigenvalue weighted by Crippen LogP contribution is 2.75. The van der Waals surface area contributed by atoms with E-state index in [1.54, 1.807) is 10.6 Å². The summed E-state index contributed by atoms with van der Waals surface area (Å²) in [6.45, 7) is 7.15. The lowest BCUT2D eigenvalue weighted by Gasteiger charge is -2.17. The molecule has 12 heteroatoms. The van der Waals surface area contributed by atoms with Gasteiger partial charge in [0.05, 0.1) is 23.0 Å². The van der Waals surface area contributed by atoms with Crippen LogP contribution in [0.3, 0.4) is 0 Å². The van der Waals surface area contributed by atoms with Gasteiger partial charge in [0.15, 0.2) is 5.82 Å². The van der Waals surface area contributed by atoms with E-state index in [4.69, 9.17) is 4.74 Å². The highest BCUT2D eigenvalue weighted by atomic mass is 28.3. The molecule has 7 nitrogen and oxygen atoms in total. The predicted octanol–water partition coefficient (Wildman–Crippen LogP) is 6.42. The third-order valence-electron chi connectivity index (χ3n) is 7.63. The van der Waals surface area contributed by atoms with Gasteiger partial charge in [-0.25, -0.2) is 9.37 Å². The molecule has 2 fully saturated rings. The Morgan fingerprint density at radius 2 is 1.95 bits per heavy atom. The first kappa shape index (κ1) is 25.2. The van der Waals surface area contributed by atoms with Crippen LogP contribution in [0.2, 0.25) is 25.7 Å². The fraction of sp³-hybridized carbons (Fsp3) is 0.462. The number of aromatic nitrogens is 6. The van der Waals surface area contributed by atoms with Crippen LogP contribution in [0.5, 0.6) is 0 Å². The number of imidazole rings is 1. The summed E-state index contributed by atoms with van der Waals surface area (Å²) < 4.78 is 65.7. The quantitative estimate of drug-likeness (QED) is 0.146. The summed E-state index contributed by atoms with van der Waals surface area (Å²) in [5, 5.41) is 7.98. The fourth-order valence-electron chi connectivity index (χ4n) is 5.18. The molecule has 1 unspecified atom stereocenters. The first-order valence-electron chi connectivity index (χ1n) is 12.7. The van der Waals surface area contributed by atoms with Crippen LogP contribution in [0.15, 0.2) is 36.9 Å². The van der Waals surface area contributed by atoms with Crippen molar-refractivity contribution in [3.63, 3.8) is 0 Å². The Bertz CT molecular complexity index is 1520. The zero-order valence-electron chi connectivity index (χ0n) is 21.4. The Morgan fingerprint density at radius 1 is 1.16 bits per heavy atom. The number of alkyl halides is 3. The molecule has 2 aliphatic rings. The number of pyridine rings is 1. The molecule has 0 amide bonds. The summed E-state index contributed by atoms with van der Waals surface area (Å²) in [6, 6.07) is 5.27. The van der Waals surface area contributed by atoms with Crippen LogP contribution in [-0.2, 0) is 17.6 Å². The van der Waals surface area contributed by atoms with Crippen LogP contribution in [0.25, 0.3) is 28.4 Å². The van der Waals surface area contributed by atoms with Crippen molar-refractivity contribution in [2.24, 2.45) is 5.41 Å². The zero-order chi connectivity index (χ0) is 26.9. The average molecular weight is 545 g/mol.